The molecule has 1 aliphatic rings. The Bertz CT molecular complexity index is 864. The van der Waals surface area contributed by atoms with E-state index in [0.29, 0.717) is 32.8 Å². The van der Waals surface area contributed by atoms with Crippen LogP contribution in [-0.2, 0) is 6.54 Å². The number of carbonyl (C=O) groups is 2. The van der Waals surface area contributed by atoms with E-state index in [4.69, 9.17) is 15.6 Å². The third-order valence-corrected chi connectivity index (χ3v) is 6.15. The van der Waals surface area contributed by atoms with Crippen molar-refractivity contribution in [3.8, 4) is 5.75 Å². The highest BCUT2D eigenvalue weighted by Crippen LogP contribution is 2.18. The summed E-state index contributed by atoms with van der Waals surface area (Å²) in [5.74, 6) is 0.818. The molecule has 0 aliphatic carbocycles. The summed E-state index contributed by atoms with van der Waals surface area (Å²) in [6.07, 6.45) is 10.1. The highest BCUT2D eigenvalue weighted by atomic mass is 16.5. The number of ether oxygens (including phenoxy) is 1. The van der Waals surface area contributed by atoms with Gasteiger partial charge in [0.05, 0.1) is 6.61 Å². The van der Waals surface area contributed by atoms with Gasteiger partial charge in [0.25, 0.3) is 0 Å². The van der Waals surface area contributed by atoms with Crippen LogP contribution in [0, 0.1) is 10.8 Å². The molecular weight excluding hydrogens is 472 g/mol. The molecule has 1 aromatic rings. The van der Waals surface area contributed by atoms with Gasteiger partial charge in [-0.25, -0.2) is 9.59 Å². The Morgan fingerprint density at radius 2 is 1.78 bits per heavy atom. The molecule has 0 atom stereocenters. The van der Waals surface area contributed by atoms with E-state index < -0.39 is 6.03 Å². The van der Waals surface area contributed by atoms with Crippen LogP contribution in [0.2, 0.25) is 0 Å². The van der Waals surface area contributed by atoms with Gasteiger partial charge in [-0.2, -0.15) is 0 Å². The average Bonchev–Trinajstić information content (AvgIpc) is 2.89. The van der Waals surface area contributed by atoms with Crippen LogP contribution >= 0.6 is 0 Å². The van der Waals surface area contributed by atoms with Gasteiger partial charge in [0.2, 0.25) is 0 Å². The van der Waals surface area contributed by atoms with Gasteiger partial charge >= 0.3 is 12.1 Å². The van der Waals surface area contributed by atoms with Gasteiger partial charge in [0.1, 0.15) is 5.75 Å². The van der Waals surface area contributed by atoms with Crippen LogP contribution in [0.5, 0.6) is 5.75 Å². The molecule has 11 heteroatoms. The van der Waals surface area contributed by atoms with Crippen molar-refractivity contribution in [2.75, 3.05) is 33.3 Å². The second-order valence-electron chi connectivity index (χ2n) is 9.14. The first kappa shape index (κ1) is 29.7. The standard InChI is InChI=1S/C26H44N8O3/c1-29-25(35)32-23(27)30-16-10-4-2-3-5-11-17-34-18-12-6-7-13-19-37-22-15-9-8-14-21(22)20-31-24(28)33-26(34)36/h8-9,14-15H,2-7,10-13,16-20H2,1H3,(H3,28,31,33,36)(H4,27,29,30,32,35). The monoisotopic (exact) mass is 516 g/mol. The zero-order valence-electron chi connectivity index (χ0n) is 22.1. The molecule has 4 amide bonds. The molecule has 0 unspecified atom stereocenters. The van der Waals surface area contributed by atoms with E-state index in [1.54, 1.807) is 0 Å². The molecule has 0 radical (unpaired) electrons. The number of nitrogens with zero attached hydrogens (tertiary/aromatic N) is 1. The van der Waals surface area contributed by atoms with Crippen LogP contribution in [-0.4, -0.2) is 62.2 Å². The molecule has 0 saturated heterocycles. The lowest BCUT2D eigenvalue weighted by Crippen LogP contribution is -2.47. The second kappa shape index (κ2) is 17.9. The normalized spacial score (nSPS) is 15.1. The van der Waals surface area contributed by atoms with E-state index in [1.807, 2.05) is 29.2 Å². The molecule has 0 saturated carbocycles. The number of fused-ring (bicyclic) bond motifs is 1. The fourth-order valence-corrected chi connectivity index (χ4v) is 4.03. The number of para-hydroxylation sites is 1. The fourth-order valence-electron chi connectivity index (χ4n) is 4.03. The summed E-state index contributed by atoms with van der Waals surface area (Å²) in [4.78, 5) is 25.8. The maximum absolute atomic E-state index is 12.8. The number of urea groups is 2. The van der Waals surface area contributed by atoms with Crippen LogP contribution < -0.4 is 31.3 Å². The maximum Gasteiger partial charge on any atom is 0.324 e. The Labute approximate surface area is 220 Å². The lowest BCUT2D eigenvalue weighted by molar-refractivity contribution is 0.199. The first-order chi connectivity index (χ1) is 18.0. The van der Waals surface area contributed by atoms with Crippen molar-refractivity contribution < 1.29 is 14.3 Å². The minimum absolute atomic E-state index is 0.00636. The predicted octanol–water partition coefficient (Wildman–Crippen LogP) is 3.47. The molecule has 0 aromatic heterocycles. The fraction of sp³-hybridized carbons (Fsp3) is 0.615. The third kappa shape index (κ3) is 12.9. The van der Waals surface area contributed by atoms with E-state index in [9.17, 15) is 9.59 Å². The maximum atomic E-state index is 12.8. The summed E-state index contributed by atoms with van der Waals surface area (Å²) in [6.45, 7) is 3.09. The van der Waals surface area contributed by atoms with Crippen LogP contribution in [0.25, 0.3) is 0 Å². The first-order valence-electron chi connectivity index (χ1n) is 13.4. The van der Waals surface area contributed by atoms with E-state index in [1.165, 1.54) is 7.05 Å². The number of nitrogens with one attached hydrogen (secondary N) is 7. The van der Waals surface area contributed by atoms with Crippen LogP contribution in [0.1, 0.15) is 69.8 Å². The van der Waals surface area contributed by atoms with Crippen LogP contribution in [0.15, 0.2) is 24.3 Å². The van der Waals surface area contributed by atoms with E-state index in [2.05, 4.69) is 26.6 Å². The highest BCUT2D eigenvalue weighted by Gasteiger charge is 2.15. The topological polar surface area (TPSA) is 154 Å². The third-order valence-electron chi connectivity index (χ3n) is 6.15. The van der Waals surface area contributed by atoms with Gasteiger partial charge in [-0.15, -0.1) is 0 Å². The zero-order valence-corrected chi connectivity index (χ0v) is 22.1. The zero-order chi connectivity index (χ0) is 26.7. The molecule has 0 bridgehead atoms. The number of benzene rings is 1. The molecule has 1 heterocycles. The van der Waals surface area contributed by atoms with Crippen molar-refractivity contribution in [2.45, 2.75) is 70.8 Å². The van der Waals surface area contributed by atoms with Crippen LogP contribution in [0.3, 0.4) is 0 Å². The number of amides is 4. The van der Waals surface area contributed by atoms with Gasteiger partial charge in [-0.1, -0.05) is 56.7 Å². The van der Waals surface area contributed by atoms with Crippen molar-refractivity contribution in [1.82, 2.24) is 31.5 Å². The molecule has 11 nitrogen and oxygen atoms in total. The van der Waals surface area contributed by atoms with Gasteiger partial charge in [0, 0.05) is 38.8 Å². The predicted molar refractivity (Wildman–Crippen MR) is 146 cm³/mol. The number of rotatable bonds is 9. The molecular formula is C26H44N8O3. The summed E-state index contributed by atoms with van der Waals surface area (Å²) in [5.41, 5.74) is 0.961. The molecule has 0 fully saturated rings. The highest BCUT2D eigenvalue weighted by molar-refractivity contribution is 5.95. The average molecular weight is 517 g/mol. The summed E-state index contributed by atoms with van der Waals surface area (Å²) in [7, 11) is 1.51. The Hall–Kier alpha value is -3.50. The number of carbonyl (C=O) groups excluding carboxylic acids is 2. The largest absolute Gasteiger partial charge is 0.493 e. The number of guanidine groups is 2. The molecule has 7 N–H and O–H groups in total. The molecule has 1 aromatic carbocycles. The lowest BCUT2D eigenvalue weighted by atomic mass is 10.1. The quantitative estimate of drug-likeness (QED) is 0.152. The summed E-state index contributed by atoms with van der Waals surface area (Å²) < 4.78 is 5.94. The van der Waals surface area contributed by atoms with Gasteiger partial charge in [-0.05, 0) is 31.7 Å². The van der Waals surface area contributed by atoms with Crippen molar-refractivity contribution in [2.24, 2.45) is 0 Å². The van der Waals surface area contributed by atoms with Crippen molar-refractivity contribution >= 4 is 24.0 Å². The molecule has 2 rings (SSSR count). The molecule has 206 valence electrons. The SMILES string of the molecule is CNC(=O)NC(=N)NCCCCCCCCN1CCCCCCOc2ccccc2CNC(=N)NC1=O. The smallest absolute Gasteiger partial charge is 0.324 e. The summed E-state index contributed by atoms with van der Waals surface area (Å²) in [5, 5.41) is 29.1. The van der Waals surface area contributed by atoms with E-state index >= 15 is 0 Å². The van der Waals surface area contributed by atoms with E-state index in [-0.39, 0.29) is 18.0 Å². The van der Waals surface area contributed by atoms with E-state index in [0.717, 1.165) is 75.5 Å². The minimum atomic E-state index is -0.404. The van der Waals surface area contributed by atoms with Gasteiger partial charge in [0.15, 0.2) is 11.9 Å². The molecule has 0 spiro atoms. The Morgan fingerprint density at radius 3 is 2.59 bits per heavy atom. The number of hydrogen-bond donors (Lipinski definition) is 7. The molecule has 1 aliphatic heterocycles. The lowest BCUT2D eigenvalue weighted by Gasteiger charge is -2.23. The first-order valence-corrected chi connectivity index (χ1v) is 13.4. The van der Waals surface area contributed by atoms with Crippen LogP contribution in [0.4, 0.5) is 9.59 Å². The summed E-state index contributed by atoms with van der Waals surface area (Å²) >= 11 is 0. The van der Waals surface area contributed by atoms with Crippen molar-refractivity contribution in [3.05, 3.63) is 29.8 Å². The van der Waals surface area contributed by atoms with Gasteiger partial charge < -0.3 is 25.6 Å². The number of hydrogen-bond acceptors (Lipinski definition) is 5. The van der Waals surface area contributed by atoms with Crippen molar-refractivity contribution in [1.29, 1.82) is 10.8 Å². The van der Waals surface area contributed by atoms with Gasteiger partial charge in [-0.3, -0.25) is 21.5 Å². The van der Waals surface area contributed by atoms with Crippen molar-refractivity contribution in [3.63, 3.8) is 0 Å². The summed E-state index contributed by atoms with van der Waals surface area (Å²) in [6, 6.07) is 7.16. The Morgan fingerprint density at radius 1 is 1.05 bits per heavy atom. The Kier molecular flexibility index (Phi) is 14.3. The second-order valence-corrected chi connectivity index (χ2v) is 9.14. The minimum Gasteiger partial charge on any atom is -0.493 e. The number of unbranched alkanes of at least 4 members (excludes halogenated alkanes) is 5. The Balaban J connectivity index is 1.68. The molecule has 37 heavy (non-hydrogen) atoms.